The van der Waals surface area contributed by atoms with Crippen LogP contribution in [0.3, 0.4) is 0 Å². The van der Waals surface area contributed by atoms with Crippen molar-refractivity contribution in [2.45, 2.75) is 26.3 Å². The van der Waals surface area contributed by atoms with Gasteiger partial charge in [-0.3, -0.25) is 4.90 Å². The molecule has 1 heterocycles. The van der Waals surface area contributed by atoms with E-state index in [1.807, 2.05) is 36.9 Å². The highest BCUT2D eigenvalue weighted by Crippen LogP contribution is 2.30. The molecule has 0 unspecified atom stereocenters. The van der Waals surface area contributed by atoms with Crippen molar-refractivity contribution >= 4 is 0 Å². The van der Waals surface area contributed by atoms with Gasteiger partial charge in [-0.15, -0.1) is 0 Å². The fraction of sp³-hybridized carbons (Fsp3) is 0.571. The van der Waals surface area contributed by atoms with Gasteiger partial charge >= 0.3 is 0 Å². The molecule has 1 saturated heterocycles. The van der Waals surface area contributed by atoms with Crippen LogP contribution in [0, 0.1) is 13.8 Å². The van der Waals surface area contributed by atoms with Crippen LogP contribution in [0.25, 0.3) is 0 Å². The molecule has 0 aromatic heterocycles. The van der Waals surface area contributed by atoms with Crippen LogP contribution in [-0.2, 0) is 0 Å². The van der Waals surface area contributed by atoms with E-state index in [1.54, 1.807) is 0 Å². The number of hydrogen-bond donors (Lipinski definition) is 1. The summed E-state index contributed by atoms with van der Waals surface area (Å²) >= 11 is 0. The first kappa shape index (κ1) is 13.4. The van der Waals surface area contributed by atoms with Crippen molar-refractivity contribution in [3.8, 4) is 0 Å². The van der Waals surface area contributed by atoms with Crippen molar-refractivity contribution < 1.29 is 8.78 Å². The molecule has 2 nitrogen and oxygen atoms in total. The molecule has 0 saturated carbocycles. The molecule has 1 fully saturated rings. The third-order valence-electron chi connectivity index (χ3n) is 3.53. The Morgan fingerprint density at radius 1 is 1.17 bits per heavy atom. The van der Waals surface area contributed by atoms with Gasteiger partial charge in [-0.05, 0) is 25.0 Å². The van der Waals surface area contributed by atoms with E-state index in [0.29, 0.717) is 13.1 Å². The standard InChI is InChI=1S/C14H20F2N2/c1-10-3-4-12(11(2)9-10)13(14(15)16)18-7-5-17-6-8-18/h3-4,9,13-14,17H,5-8H2,1-2H3/t13-/m1/s1. The molecular weight excluding hydrogens is 234 g/mol. The second-order valence-electron chi connectivity index (χ2n) is 4.93. The lowest BCUT2D eigenvalue weighted by Gasteiger charge is -2.35. The van der Waals surface area contributed by atoms with Crippen molar-refractivity contribution in [3.05, 3.63) is 34.9 Å². The predicted octanol–water partition coefficient (Wildman–Crippen LogP) is 2.51. The van der Waals surface area contributed by atoms with Crippen molar-refractivity contribution in [1.29, 1.82) is 0 Å². The predicted molar refractivity (Wildman–Crippen MR) is 69.1 cm³/mol. The van der Waals surface area contributed by atoms with Crippen LogP contribution < -0.4 is 5.32 Å². The molecule has 18 heavy (non-hydrogen) atoms. The fourth-order valence-corrected chi connectivity index (χ4v) is 2.61. The molecule has 0 amide bonds. The quantitative estimate of drug-likeness (QED) is 0.891. The molecule has 1 aliphatic rings. The minimum atomic E-state index is -2.34. The summed E-state index contributed by atoms with van der Waals surface area (Å²) in [6.45, 7) is 6.84. The zero-order valence-electron chi connectivity index (χ0n) is 10.9. The molecule has 0 bridgehead atoms. The van der Waals surface area contributed by atoms with Crippen LogP contribution in [0.4, 0.5) is 8.78 Å². The Bertz CT molecular complexity index is 401. The Morgan fingerprint density at radius 2 is 1.83 bits per heavy atom. The number of hydrogen-bond acceptors (Lipinski definition) is 2. The van der Waals surface area contributed by atoms with E-state index >= 15 is 0 Å². The topological polar surface area (TPSA) is 15.3 Å². The molecule has 1 atom stereocenters. The van der Waals surface area contributed by atoms with Gasteiger partial charge in [0.25, 0.3) is 6.43 Å². The summed E-state index contributed by atoms with van der Waals surface area (Å²) in [5.74, 6) is 0. The number of nitrogens with one attached hydrogen (secondary N) is 1. The van der Waals surface area contributed by atoms with E-state index in [2.05, 4.69) is 5.32 Å². The van der Waals surface area contributed by atoms with Gasteiger partial charge in [0.05, 0.1) is 6.04 Å². The molecule has 1 aliphatic heterocycles. The largest absolute Gasteiger partial charge is 0.314 e. The smallest absolute Gasteiger partial charge is 0.258 e. The molecule has 0 radical (unpaired) electrons. The number of rotatable bonds is 3. The number of nitrogens with zero attached hydrogens (tertiary/aromatic N) is 1. The van der Waals surface area contributed by atoms with E-state index < -0.39 is 12.5 Å². The second-order valence-corrected chi connectivity index (χ2v) is 4.93. The summed E-state index contributed by atoms with van der Waals surface area (Å²) in [5.41, 5.74) is 2.83. The number of halogens is 2. The lowest BCUT2D eigenvalue weighted by molar-refractivity contribution is 0.0178. The normalized spacial score (nSPS) is 19.2. The van der Waals surface area contributed by atoms with Crippen LogP contribution >= 0.6 is 0 Å². The summed E-state index contributed by atoms with van der Waals surface area (Å²) < 4.78 is 26.8. The summed E-state index contributed by atoms with van der Waals surface area (Å²) in [6.07, 6.45) is -2.34. The number of alkyl halides is 2. The molecular formula is C14H20F2N2. The van der Waals surface area contributed by atoms with Gasteiger partial charge in [-0.2, -0.15) is 0 Å². The third-order valence-corrected chi connectivity index (χ3v) is 3.53. The van der Waals surface area contributed by atoms with E-state index in [9.17, 15) is 8.78 Å². The van der Waals surface area contributed by atoms with Gasteiger partial charge < -0.3 is 5.32 Å². The van der Waals surface area contributed by atoms with Gasteiger partial charge in [-0.25, -0.2) is 8.78 Å². The zero-order chi connectivity index (χ0) is 13.1. The fourth-order valence-electron chi connectivity index (χ4n) is 2.61. The summed E-state index contributed by atoms with van der Waals surface area (Å²) in [4.78, 5) is 1.89. The monoisotopic (exact) mass is 254 g/mol. The van der Waals surface area contributed by atoms with Crippen LogP contribution in [-0.4, -0.2) is 37.5 Å². The summed E-state index contributed by atoms with van der Waals surface area (Å²) in [6, 6.07) is 4.98. The molecule has 1 aromatic rings. The Hall–Kier alpha value is -1.00. The minimum absolute atomic E-state index is 0.683. The SMILES string of the molecule is Cc1ccc([C@H](C(F)F)N2CCNCC2)c(C)c1. The highest BCUT2D eigenvalue weighted by Gasteiger charge is 2.30. The molecule has 1 aromatic carbocycles. The Labute approximate surface area is 107 Å². The van der Waals surface area contributed by atoms with Crippen LogP contribution in [0.1, 0.15) is 22.7 Å². The average molecular weight is 254 g/mol. The Kier molecular flexibility index (Phi) is 4.30. The molecule has 100 valence electrons. The van der Waals surface area contributed by atoms with Crippen molar-refractivity contribution in [2.24, 2.45) is 0 Å². The maximum Gasteiger partial charge on any atom is 0.258 e. The summed E-state index contributed by atoms with van der Waals surface area (Å²) in [7, 11) is 0. The van der Waals surface area contributed by atoms with Crippen molar-refractivity contribution in [1.82, 2.24) is 10.2 Å². The van der Waals surface area contributed by atoms with Crippen LogP contribution in [0.15, 0.2) is 18.2 Å². The number of benzene rings is 1. The third kappa shape index (κ3) is 2.87. The Morgan fingerprint density at radius 3 is 2.39 bits per heavy atom. The van der Waals surface area contributed by atoms with Gasteiger partial charge in [0.2, 0.25) is 0 Å². The van der Waals surface area contributed by atoms with Gasteiger partial charge in [0, 0.05) is 26.2 Å². The van der Waals surface area contributed by atoms with Crippen molar-refractivity contribution in [3.63, 3.8) is 0 Å². The van der Waals surface area contributed by atoms with E-state index in [4.69, 9.17) is 0 Å². The number of piperazine rings is 1. The second kappa shape index (κ2) is 5.76. The Balaban J connectivity index is 2.28. The zero-order valence-corrected chi connectivity index (χ0v) is 10.9. The van der Waals surface area contributed by atoms with Gasteiger partial charge in [-0.1, -0.05) is 23.8 Å². The lowest BCUT2D eigenvalue weighted by atomic mass is 9.98. The van der Waals surface area contributed by atoms with Gasteiger partial charge in [0.1, 0.15) is 0 Å². The number of aryl methyl sites for hydroxylation is 2. The maximum absolute atomic E-state index is 13.4. The molecule has 0 spiro atoms. The molecule has 4 heteroatoms. The first-order chi connectivity index (χ1) is 8.59. The highest BCUT2D eigenvalue weighted by atomic mass is 19.3. The van der Waals surface area contributed by atoms with E-state index in [0.717, 1.165) is 29.8 Å². The first-order valence-corrected chi connectivity index (χ1v) is 6.39. The molecule has 1 N–H and O–H groups in total. The molecule has 0 aliphatic carbocycles. The first-order valence-electron chi connectivity index (χ1n) is 6.39. The van der Waals surface area contributed by atoms with E-state index in [-0.39, 0.29) is 0 Å². The maximum atomic E-state index is 13.4. The lowest BCUT2D eigenvalue weighted by Crippen LogP contribution is -2.47. The van der Waals surface area contributed by atoms with E-state index in [1.165, 1.54) is 0 Å². The van der Waals surface area contributed by atoms with Crippen LogP contribution in [0.2, 0.25) is 0 Å². The molecule has 2 rings (SSSR count). The summed E-state index contributed by atoms with van der Waals surface area (Å²) in [5, 5.41) is 3.20. The van der Waals surface area contributed by atoms with Crippen molar-refractivity contribution in [2.75, 3.05) is 26.2 Å². The average Bonchev–Trinajstić information content (AvgIpc) is 2.33. The van der Waals surface area contributed by atoms with Crippen LogP contribution in [0.5, 0.6) is 0 Å². The minimum Gasteiger partial charge on any atom is -0.314 e. The highest BCUT2D eigenvalue weighted by molar-refractivity contribution is 5.33. The van der Waals surface area contributed by atoms with Gasteiger partial charge in [0.15, 0.2) is 0 Å².